The molecular formula is C14H27ClN2O2. The molecule has 3 atom stereocenters. The summed E-state index contributed by atoms with van der Waals surface area (Å²) in [5.41, 5.74) is 0. The predicted octanol–water partition coefficient (Wildman–Crippen LogP) is 1.82. The first-order valence-corrected chi connectivity index (χ1v) is 7.25. The summed E-state index contributed by atoms with van der Waals surface area (Å²) in [4.78, 5) is 14.2. The van der Waals surface area contributed by atoms with Crippen molar-refractivity contribution in [1.29, 1.82) is 0 Å². The van der Waals surface area contributed by atoms with Crippen LogP contribution >= 0.6 is 12.4 Å². The van der Waals surface area contributed by atoms with Gasteiger partial charge in [0.15, 0.2) is 0 Å². The van der Waals surface area contributed by atoms with Gasteiger partial charge < -0.3 is 15.0 Å². The van der Waals surface area contributed by atoms with E-state index >= 15 is 0 Å². The average molecular weight is 291 g/mol. The minimum atomic E-state index is 0. The lowest BCUT2D eigenvalue weighted by Gasteiger charge is -2.35. The number of morpholine rings is 1. The van der Waals surface area contributed by atoms with Gasteiger partial charge in [-0.3, -0.25) is 4.79 Å². The van der Waals surface area contributed by atoms with Crippen LogP contribution in [0.25, 0.3) is 0 Å². The molecule has 0 bridgehead atoms. The standard InChI is InChI=1S/C14H26N2O2.ClH/c1-11-4-3-5-12(8-11)16(2)14(17)9-13-10-15-6-7-18-13;/h11-13,15H,3-10H2,1-2H3;1H. The molecule has 2 rings (SSSR count). The molecule has 0 radical (unpaired) electrons. The number of amides is 1. The highest BCUT2D eigenvalue weighted by Gasteiger charge is 2.27. The van der Waals surface area contributed by atoms with Crippen molar-refractivity contribution in [3.05, 3.63) is 0 Å². The van der Waals surface area contributed by atoms with Crippen molar-refractivity contribution in [2.45, 2.75) is 51.2 Å². The minimum absolute atomic E-state index is 0. The number of carbonyl (C=O) groups excluding carboxylic acids is 1. The maximum Gasteiger partial charge on any atom is 0.225 e. The van der Waals surface area contributed by atoms with Crippen LogP contribution in [0, 0.1) is 5.92 Å². The molecule has 1 amide bonds. The van der Waals surface area contributed by atoms with Gasteiger partial charge in [-0.15, -0.1) is 12.4 Å². The van der Waals surface area contributed by atoms with Crippen molar-refractivity contribution >= 4 is 18.3 Å². The van der Waals surface area contributed by atoms with Crippen molar-refractivity contribution in [1.82, 2.24) is 10.2 Å². The highest BCUT2D eigenvalue weighted by Crippen LogP contribution is 2.27. The summed E-state index contributed by atoms with van der Waals surface area (Å²) in [6.07, 6.45) is 5.48. The molecule has 2 aliphatic rings. The Hall–Kier alpha value is -0.320. The molecule has 1 saturated carbocycles. The second-order valence-corrected chi connectivity index (χ2v) is 5.83. The van der Waals surface area contributed by atoms with Crippen molar-refractivity contribution in [3.63, 3.8) is 0 Å². The lowest BCUT2D eigenvalue weighted by molar-refractivity contribution is -0.136. The van der Waals surface area contributed by atoms with Crippen molar-refractivity contribution < 1.29 is 9.53 Å². The Morgan fingerprint density at radius 2 is 2.21 bits per heavy atom. The quantitative estimate of drug-likeness (QED) is 0.862. The first kappa shape index (κ1) is 16.7. The van der Waals surface area contributed by atoms with Crippen LogP contribution in [0.1, 0.15) is 39.0 Å². The van der Waals surface area contributed by atoms with E-state index in [4.69, 9.17) is 4.74 Å². The van der Waals surface area contributed by atoms with Crippen LogP contribution in [0.5, 0.6) is 0 Å². The normalized spacial score (nSPS) is 31.4. The number of carbonyl (C=O) groups is 1. The first-order valence-electron chi connectivity index (χ1n) is 7.25. The van der Waals surface area contributed by atoms with Gasteiger partial charge in [0, 0.05) is 26.2 Å². The zero-order valence-electron chi connectivity index (χ0n) is 12.1. The molecule has 1 heterocycles. The van der Waals surface area contributed by atoms with Crippen LogP contribution < -0.4 is 5.32 Å². The van der Waals surface area contributed by atoms with Gasteiger partial charge in [-0.25, -0.2) is 0 Å². The molecule has 1 aliphatic carbocycles. The number of ether oxygens (including phenoxy) is 1. The number of nitrogens with zero attached hydrogens (tertiary/aromatic N) is 1. The Balaban J connectivity index is 0.00000180. The van der Waals surface area contributed by atoms with Gasteiger partial charge in [-0.05, 0) is 18.8 Å². The third-order valence-corrected chi connectivity index (χ3v) is 4.26. The van der Waals surface area contributed by atoms with E-state index in [2.05, 4.69) is 12.2 Å². The summed E-state index contributed by atoms with van der Waals surface area (Å²) in [7, 11) is 1.96. The number of rotatable bonds is 3. The van der Waals surface area contributed by atoms with Crippen LogP contribution in [0.2, 0.25) is 0 Å². The van der Waals surface area contributed by atoms with Crippen molar-refractivity contribution in [2.75, 3.05) is 26.7 Å². The average Bonchev–Trinajstić information content (AvgIpc) is 2.39. The fraction of sp³-hybridized carbons (Fsp3) is 0.929. The zero-order valence-corrected chi connectivity index (χ0v) is 12.9. The Bertz CT molecular complexity index is 283. The largest absolute Gasteiger partial charge is 0.375 e. The first-order chi connectivity index (χ1) is 8.66. The van der Waals surface area contributed by atoms with E-state index in [0.717, 1.165) is 38.5 Å². The van der Waals surface area contributed by atoms with E-state index in [1.54, 1.807) is 0 Å². The Morgan fingerprint density at radius 3 is 2.84 bits per heavy atom. The predicted molar refractivity (Wildman–Crippen MR) is 78.7 cm³/mol. The molecule has 4 nitrogen and oxygen atoms in total. The molecule has 5 heteroatoms. The lowest BCUT2D eigenvalue weighted by Crippen LogP contribution is -2.45. The molecule has 19 heavy (non-hydrogen) atoms. The zero-order chi connectivity index (χ0) is 13.0. The van der Waals surface area contributed by atoms with E-state index < -0.39 is 0 Å². The lowest BCUT2D eigenvalue weighted by atomic mass is 9.86. The highest BCUT2D eigenvalue weighted by atomic mass is 35.5. The smallest absolute Gasteiger partial charge is 0.225 e. The monoisotopic (exact) mass is 290 g/mol. The van der Waals surface area contributed by atoms with Crippen LogP contribution in [0.3, 0.4) is 0 Å². The number of hydrogen-bond donors (Lipinski definition) is 1. The van der Waals surface area contributed by atoms with E-state index in [-0.39, 0.29) is 24.4 Å². The summed E-state index contributed by atoms with van der Waals surface area (Å²) in [6, 6.07) is 0.442. The third-order valence-electron chi connectivity index (χ3n) is 4.26. The molecule has 1 saturated heterocycles. The fourth-order valence-corrected chi connectivity index (χ4v) is 3.05. The Labute approximate surface area is 122 Å². The van der Waals surface area contributed by atoms with Gasteiger partial charge in [-0.2, -0.15) is 0 Å². The second-order valence-electron chi connectivity index (χ2n) is 5.83. The molecule has 0 aromatic rings. The molecule has 0 aromatic heterocycles. The van der Waals surface area contributed by atoms with Crippen molar-refractivity contribution in [3.8, 4) is 0 Å². The summed E-state index contributed by atoms with van der Waals surface area (Å²) >= 11 is 0. The number of nitrogens with one attached hydrogen (secondary N) is 1. The highest BCUT2D eigenvalue weighted by molar-refractivity contribution is 5.85. The fourth-order valence-electron chi connectivity index (χ4n) is 3.05. The van der Waals surface area contributed by atoms with Crippen LogP contribution in [0.15, 0.2) is 0 Å². The molecule has 0 aromatic carbocycles. The van der Waals surface area contributed by atoms with Gasteiger partial charge in [0.25, 0.3) is 0 Å². The third kappa shape index (κ3) is 4.93. The van der Waals surface area contributed by atoms with Gasteiger partial charge in [0.1, 0.15) is 0 Å². The van der Waals surface area contributed by atoms with E-state index in [1.807, 2.05) is 11.9 Å². The maximum atomic E-state index is 12.2. The summed E-state index contributed by atoms with van der Waals surface area (Å²) in [5, 5.41) is 3.27. The van der Waals surface area contributed by atoms with E-state index in [9.17, 15) is 4.79 Å². The SMILES string of the molecule is CC1CCCC(N(C)C(=O)CC2CNCCO2)C1.Cl. The second kappa shape index (κ2) is 8.08. The molecule has 2 fully saturated rings. The number of halogens is 1. The summed E-state index contributed by atoms with van der Waals surface area (Å²) in [6.45, 7) is 4.72. The van der Waals surface area contributed by atoms with E-state index in [1.165, 1.54) is 12.8 Å². The minimum Gasteiger partial charge on any atom is -0.375 e. The van der Waals surface area contributed by atoms with Gasteiger partial charge in [0.05, 0.1) is 19.1 Å². The Morgan fingerprint density at radius 1 is 1.42 bits per heavy atom. The molecular weight excluding hydrogens is 264 g/mol. The van der Waals surface area contributed by atoms with E-state index in [0.29, 0.717) is 12.5 Å². The summed E-state index contributed by atoms with van der Waals surface area (Å²) < 4.78 is 5.60. The van der Waals surface area contributed by atoms with Crippen molar-refractivity contribution in [2.24, 2.45) is 5.92 Å². The van der Waals surface area contributed by atoms with Gasteiger partial charge in [-0.1, -0.05) is 19.8 Å². The maximum absolute atomic E-state index is 12.2. The molecule has 1 N–H and O–H groups in total. The molecule has 3 unspecified atom stereocenters. The van der Waals surface area contributed by atoms with Crippen LogP contribution in [0.4, 0.5) is 0 Å². The molecule has 112 valence electrons. The Kier molecular flexibility index (Phi) is 7.11. The van der Waals surface area contributed by atoms with Crippen LogP contribution in [-0.2, 0) is 9.53 Å². The van der Waals surface area contributed by atoms with Crippen LogP contribution in [-0.4, -0.2) is 49.7 Å². The summed E-state index contributed by atoms with van der Waals surface area (Å²) in [5.74, 6) is 0.995. The molecule has 0 spiro atoms. The van der Waals surface area contributed by atoms with Gasteiger partial charge >= 0.3 is 0 Å². The number of hydrogen-bond acceptors (Lipinski definition) is 3. The van der Waals surface area contributed by atoms with Gasteiger partial charge in [0.2, 0.25) is 5.91 Å². The molecule has 1 aliphatic heterocycles. The topological polar surface area (TPSA) is 41.6 Å².